The van der Waals surface area contributed by atoms with Crippen molar-refractivity contribution >= 4 is 39.0 Å². The van der Waals surface area contributed by atoms with Gasteiger partial charge < -0.3 is 10.1 Å². The Hall–Kier alpha value is -3.96. The van der Waals surface area contributed by atoms with Crippen LogP contribution in [0.4, 0.5) is 11.5 Å². The second-order valence-electron chi connectivity index (χ2n) is 7.61. The minimum absolute atomic E-state index is 0.0138. The van der Waals surface area contributed by atoms with Crippen LogP contribution in [0.2, 0.25) is 5.15 Å². The third-order valence-corrected chi connectivity index (χ3v) is 6.42. The Morgan fingerprint density at radius 1 is 1.03 bits per heavy atom. The second kappa shape index (κ2) is 10.1. The number of rotatable bonds is 8. The number of ether oxygens (including phenoxy) is 1. The van der Waals surface area contributed by atoms with E-state index < -0.39 is 15.9 Å². The maximum absolute atomic E-state index is 12.6. The molecule has 2 aromatic heterocycles. The molecular weight excluding hydrogens is 492 g/mol. The summed E-state index contributed by atoms with van der Waals surface area (Å²) in [5.41, 5.74) is 2.75. The number of halogens is 1. The summed E-state index contributed by atoms with van der Waals surface area (Å²) in [4.78, 5) is 12.5. The van der Waals surface area contributed by atoms with Crippen LogP contribution >= 0.6 is 11.6 Å². The monoisotopic (exact) mass is 512 g/mol. The summed E-state index contributed by atoms with van der Waals surface area (Å²) in [6, 6.07) is 15.9. The van der Waals surface area contributed by atoms with Gasteiger partial charge in [-0.15, -0.1) is 10.2 Å². The molecule has 0 saturated heterocycles. The fourth-order valence-electron chi connectivity index (χ4n) is 3.13. The molecule has 4 aromatic rings. The van der Waals surface area contributed by atoms with Gasteiger partial charge in [-0.2, -0.15) is 5.10 Å². The van der Waals surface area contributed by atoms with Crippen LogP contribution in [0.5, 0.6) is 5.75 Å². The molecule has 12 heteroatoms. The molecule has 10 nitrogen and oxygen atoms in total. The summed E-state index contributed by atoms with van der Waals surface area (Å²) < 4.78 is 34.6. The van der Waals surface area contributed by atoms with Crippen molar-refractivity contribution < 1.29 is 17.9 Å². The molecule has 0 unspecified atom stereocenters. The van der Waals surface area contributed by atoms with Crippen LogP contribution < -0.4 is 14.8 Å². The number of hydrogen-bond donors (Lipinski definition) is 2. The zero-order valence-corrected chi connectivity index (χ0v) is 20.3. The molecule has 1 amide bonds. The van der Waals surface area contributed by atoms with Gasteiger partial charge in [0.1, 0.15) is 5.75 Å². The Kier molecular flexibility index (Phi) is 6.99. The van der Waals surface area contributed by atoms with Crippen molar-refractivity contribution in [2.45, 2.75) is 25.5 Å². The van der Waals surface area contributed by atoms with Gasteiger partial charge in [-0.05, 0) is 67.9 Å². The highest BCUT2D eigenvalue weighted by Crippen LogP contribution is 2.20. The molecule has 2 aromatic carbocycles. The zero-order chi connectivity index (χ0) is 25.0. The summed E-state index contributed by atoms with van der Waals surface area (Å²) >= 11 is 5.66. The molecule has 0 radical (unpaired) electrons. The number of aryl methyl sites for hydroxylation is 2. The number of nitrogens with one attached hydrogen (secondary N) is 2. The third-order valence-electron chi connectivity index (χ3n) is 4.85. The van der Waals surface area contributed by atoms with E-state index in [0.717, 1.165) is 16.9 Å². The molecule has 2 N–H and O–H groups in total. The lowest BCUT2D eigenvalue weighted by atomic mass is 10.1. The maximum Gasteiger partial charge on any atom is 0.276 e. The predicted octanol–water partition coefficient (Wildman–Crippen LogP) is 4.03. The molecule has 35 heavy (non-hydrogen) atoms. The molecule has 2 heterocycles. The topological polar surface area (TPSA) is 128 Å². The van der Waals surface area contributed by atoms with E-state index in [1.165, 1.54) is 41.1 Å². The van der Waals surface area contributed by atoms with Crippen molar-refractivity contribution in [3.63, 3.8) is 0 Å². The molecule has 0 fully saturated rings. The van der Waals surface area contributed by atoms with E-state index >= 15 is 0 Å². The van der Waals surface area contributed by atoms with Crippen LogP contribution in [-0.2, 0) is 16.8 Å². The quantitative estimate of drug-likeness (QED) is 0.364. The number of carbonyl (C=O) groups excluding carboxylic acids is 1. The maximum atomic E-state index is 12.6. The average molecular weight is 513 g/mol. The van der Waals surface area contributed by atoms with Crippen LogP contribution in [0, 0.1) is 13.8 Å². The van der Waals surface area contributed by atoms with E-state index in [0.29, 0.717) is 5.69 Å². The number of aromatic nitrogens is 4. The van der Waals surface area contributed by atoms with E-state index in [9.17, 15) is 13.2 Å². The first-order valence-corrected chi connectivity index (χ1v) is 12.2. The van der Waals surface area contributed by atoms with E-state index in [-0.39, 0.29) is 28.3 Å². The summed E-state index contributed by atoms with van der Waals surface area (Å²) in [5, 5.41) is 14.3. The van der Waals surface area contributed by atoms with Gasteiger partial charge in [0.15, 0.2) is 23.4 Å². The Balaban J connectivity index is 1.36. The lowest BCUT2D eigenvalue weighted by molar-refractivity contribution is 0.102. The molecular formula is C23H21ClN6O4S. The summed E-state index contributed by atoms with van der Waals surface area (Å²) in [7, 11) is -3.89. The Labute approximate surface area is 207 Å². The molecule has 4 rings (SSSR count). The fraction of sp³-hybridized carbons (Fsp3) is 0.130. The number of anilines is 2. The van der Waals surface area contributed by atoms with Gasteiger partial charge in [0.2, 0.25) is 0 Å². The van der Waals surface area contributed by atoms with Gasteiger partial charge in [0.25, 0.3) is 15.9 Å². The minimum Gasteiger partial charge on any atom is -0.471 e. The Morgan fingerprint density at radius 3 is 2.49 bits per heavy atom. The number of nitrogens with zero attached hydrogens (tertiary/aromatic N) is 4. The molecule has 0 atom stereocenters. The largest absolute Gasteiger partial charge is 0.471 e. The average Bonchev–Trinajstić information content (AvgIpc) is 3.30. The first kappa shape index (κ1) is 24.2. The van der Waals surface area contributed by atoms with Crippen LogP contribution in [0.3, 0.4) is 0 Å². The van der Waals surface area contributed by atoms with E-state index in [4.69, 9.17) is 16.3 Å². The number of carbonyl (C=O) groups is 1. The first-order valence-electron chi connectivity index (χ1n) is 10.4. The molecule has 0 aliphatic heterocycles. The molecule has 0 aliphatic rings. The standard InChI is InChI=1S/C23H21ClN6O4S/c1-15-3-8-20(16(2)13-15)34-14-30-12-11-19(28-30)23(31)25-17-4-6-18(7-5-17)35(32,33)29-22-10-9-21(24)26-27-22/h3-13H,14H2,1-2H3,(H,25,31)(H,27,29). The van der Waals surface area contributed by atoms with Crippen molar-refractivity contribution in [2.75, 3.05) is 10.0 Å². The van der Waals surface area contributed by atoms with Crippen molar-refractivity contribution in [2.24, 2.45) is 0 Å². The minimum atomic E-state index is -3.89. The second-order valence-corrected chi connectivity index (χ2v) is 9.68. The normalized spacial score (nSPS) is 11.2. The van der Waals surface area contributed by atoms with E-state index in [1.807, 2.05) is 32.0 Å². The highest BCUT2D eigenvalue weighted by atomic mass is 35.5. The van der Waals surface area contributed by atoms with Crippen molar-refractivity contribution in [3.8, 4) is 5.75 Å². The Bertz CT molecular complexity index is 1450. The predicted molar refractivity (Wildman–Crippen MR) is 131 cm³/mol. The number of benzene rings is 2. The SMILES string of the molecule is Cc1ccc(OCn2ccc(C(=O)Nc3ccc(S(=O)(=O)Nc4ccc(Cl)nn4)cc3)n2)c(C)c1. The number of sulfonamides is 1. The van der Waals surface area contributed by atoms with Gasteiger partial charge in [0, 0.05) is 11.9 Å². The third kappa shape index (κ3) is 6.14. The van der Waals surface area contributed by atoms with Crippen LogP contribution in [0.15, 0.2) is 71.8 Å². The van der Waals surface area contributed by atoms with Crippen molar-refractivity contribution in [3.05, 3.63) is 88.8 Å². The molecule has 0 aliphatic carbocycles. The first-order chi connectivity index (χ1) is 16.7. The lowest BCUT2D eigenvalue weighted by Gasteiger charge is -2.09. The molecule has 0 saturated carbocycles. The van der Waals surface area contributed by atoms with Gasteiger partial charge in [-0.3, -0.25) is 9.52 Å². The van der Waals surface area contributed by atoms with Gasteiger partial charge >= 0.3 is 0 Å². The highest BCUT2D eigenvalue weighted by molar-refractivity contribution is 7.92. The van der Waals surface area contributed by atoms with Crippen LogP contribution in [-0.4, -0.2) is 34.3 Å². The van der Waals surface area contributed by atoms with Crippen molar-refractivity contribution in [1.82, 2.24) is 20.0 Å². The zero-order valence-electron chi connectivity index (χ0n) is 18.8. The Morgan fingerprint density at radius 2 is 1.80 bits per heavy atom. The van der Waals surface area contributed by atoms with E-state index in [1.54, 1.807) is 12.3 Å². The smallest absolute Gasteiger partial charge is 0.276 e. The van der Waals surface area contributed by atoms with E-state index in [2.05, 4.69) is 25.3 Å². The molecule has 0 spiro atoms. The number of hydrogen-bond acceptors (Lipinski definition) is 7. The highest BCUT2D eigenvalue weighted by Gasteiger charge is 2.16. The molecule has 180 valence electrons. The van der Waals surface area contributed by atoms with Gasteiger partial charge in [-0.25, -0.2) is 13.1 Å². The van der Waals surface area contributed by atoms with Crippen LogP contribution in [0.1, 0.15) is 21.6 Å². The van der Waals surface area contributed by atoms with Gasteiger partial charge in [-0.1, -0.05) is 29.3 Å². The fourth-order valence-corrected chi connectivity index (χ4v) is 4.23. The summed E-state index contributed by atoms with van der Waals surface area (Å²) in [6.07, 6.45) is 1.64. The van der Waals surface area contributed by atoms with Gasteiger partial charge in [0.05, 0.1) is 4.90 Å². The van der Waals surface area contributed by atoms with Crippen molar-refractivity contribution in [1.29, 1.82) is 0 Å². The summed E-state index contributed by atoms with van der Waals surface area (Å²) in [6.45, 7) is 4.12. The lowest BCUT2D eigenvalue weighted by Crippen LogP contribution is -2.16. The van der Waals surface area contributed by atoms with Crippen LogP contribution in [0.25, 0.3) is 0 Å². The number of amides is 1. The molecule has 0 bridgehead atoms. The summed E-state index contributed by atoms with van der Waals surface area (Å²) in [5.74, 6) is 0.328.